The van der Waals surface area contributed by atoms with Gasteiger partial charge in [0.1, 0.15) is 5.82 Å². The van der Waals surface area contributed by atoms with Crippen molar-refractivity contribution in [3.8, 4) is 0 Å². The smallest absolute Gasteiger partial charge is 0.127 e. The molecule has 94 valence electrons. The molecule has 0 fully saturated rings. The summed E-state index contributed by atoms with van der Waals surface area (Å²) < 4.78 is 13.6. The highest BCUT2D eigenvalue weighted by Gasteiger charge is 2.10. The highest BCUT2D eigenvalue weighted by molar-refractivity contribution is 6.30. The van der Waals surface area contributed by atoms with Gasteiger partial charge in [-0.25, -0.2) is 4.39 Å². The molecular formula is C14H14ClFN2. The van der Waals surface area contributed by atoms with E-state index in [0.29, 0.717) is 23.4 Å². The average Bonchev–Trinajstić information content (AvgIpc) is 2.34. The van der Waals surface area contributed by atoms with Gasteiger partial charge in [-0.3, -0.25) is 4.98 Å². The third-order valence-corrected chi connectivity index (χ3v) is 2.93. The molecule has 0 aliphatic rings. The van der Waals surface area contributed by atoms with Crippen LogP contribution < -0.4 is 5.73 Å². The highest BCUT2D eigenvalue weighted by atomic mass is 35.5. The van der Waals surface area contributed by atoms with Crippen LogP contribution >= 0.6 is 11.6 Å². The van der Waals surface area contributed by atoms with Crippen molar-refractivity contribution in [1.82, 2.24) is 4.98 Å². The van der Waals surface area contributed by atoms with Gasteiger partial charge in [0.15, 0.2) is 0 Å². The number of nitrogens with two attached hydrogens (primary N) is 1. The molecule has 1 aromatic heterocycles. The van der Waals surface area contributed by atoms with Gasteiger partial charge in [-0.05, 0) is 36.2 Å². The van der Waals surface area contributed by atoms with Crippen LogP contribution in [-0.4, -0.2) is 11.0 Å². The molecule has 2 rings (SSSR count). The molecule has 1 heterocycles. The first kappa shape index (κ1) is 13.0. The van der Waals surface area contributed by atoms with E-state index in [-0.39, 0.29) is 11.9 Å². The Balaban J connectivity index is 2.01. The molecule has 0 aliphatic heterocycles. The third-order valence-electron chi connectivity index (χ3n) is 2.69. The standard InChI is InChI=1S/C14H14ClFN2/c15-11-5-4-10(14(16)8-11)7-12(17)9-13-3-1-2-6-18-13/h1-6,8,12H,7,9,17H2. The summed E-state index contributed by atoms with van der Waals surface area (Å²) >= 11 is 5.70. The summed E-state index contributed by atoms with van der Waals surface area (Å²) in [5, 5.41) is 0.398. The van der Waals surface area contributed by atoms with E-state index in [1.54, 1.807) is 18.3 Å². The van der Waals surface area contributed by atoms with E-state index < -0.39 is 0 Å². The Morgan fingerprint density at radius 1 is 1.22 bits per heavy atom. The van der Waals surface area contributed by atoms with E-state index in [4.69, 9.17) is 17.3 Å². The zero-order valence-electron chi connectivity index (χ0n) is 9.81. The Kier molecular flexibility index (Phi) is 4.28. The predicted molar refractivity (Wildman–Crippen MR) is 71.0 cm³/mol. The maximum absolute atomic E-state index is 13.6. The second-order valence-electron chi connectivity index (χ2n) is 4.23. The maximum Gasteiger partial charge on any atom is 0.127 e. The zero-order chi connectivity index (χ0) is 13.0. The number of halogens is 2. The van der Waals surface area contributed by atoms with Gasteiger partial charge >= 0.3 is 0 Å². The number of pyridine rings is 1. The molecule has 0 spiro atoms. The van der Waals surface area contributed by atoms with Crippen molar-refractivity contribution in [3.63, 3.8) is 0 Å². The summed E-state index contributed by atoms with van der Waals surface area (Å²) in [7, 11) is 0. The average molecular weight is 265 g/mol. The van der Waals surface area contributed by atoms with Crippen LogP contribution in [0.5, 0.6) is 0 Å². The van der Waals surface area contributed by atoms with Crippen LogP contribution in [0.15, 0.2) is 42.6 Å². The lowest BCUT2D eigenvalue weighted by Crippen LogP contribution is -2.26. The molecule has 0 amide bonds. The van der Waals surface area contributed by atoms with Crippen LogP contribution in [0.2, 0.25) is 5.02 Å². The molecule has 1 aromatic carbocycles. The van der Waals surface area contributed by atoms with Crippen LogP contribution in [-0.2, 0) is 12.8 Å². The van der Waals surface area contributed by atoms with Gasteiger partial charge in [-0.15, -0.1) is 0 Å². The molecule has 0 aliphatic carbocycles. The van der Waals surface area contributed by atoms with Crippen molar-refractivity contribution >= 4 is 11.6 Å². The zero-order valence-corrected chi connectivity index (χ0v) is 10.6. The molecule has 0 saturated heterocycles. The van der Waals surface area contributed by atoms with E-state index in [9.17, 15) is 4.39 Å². The minimum atomic E-state index is -0.307. The van der Waals surface area contributed by atoms with E-state index in [1.807, 2.05) is 18.2 Å². The number of rotatable bonds is 4. The molecule has 1 unspecified atom stereocenters. The minimum absolute atomic E-state index is 0.157. The van der Waals surface area contributed by atoms with E-state index in [1.165, 1.54) is 6.07 Å². The van der Waals surface area contributed by atoms with Crippen LogP contribution in [0.25, 0.3) is 0 Å². The summed E-state index contributed by atoms with van der Waals surface area (Å²) in [6, 6.07) is 10.2. The monoisotopic (exact) mass is 264 g/mol. The number of hydrogen-bond donors (Lipinski definition) is 1. The Bertz CT molecular complexity index is 516. The molecule has 0 bridgehead atoms. The Labute approximate surface area is 111 Å². The number of aromatic nitrogens is 1. The van der Waals surface area contributed by atoms with Crippen LogP contribution in [0.1, 0.15) is 11.3 Å². The van der Waals surface area contributed by atoms with Gasteiger partial charge in [0.25, 0.3) is 0 Å². The van der Waals surface area contributed by atoms with Crippen molar-refractivity contribution in [3.05, 3.63) is 64.7 Å². The number of hydrogen-bond acceptors (Lipinski definition) is 2. The number of nitrogens with zero attached hydrogens (tertiary/aromatic N) is 1. The van der Waals surface area contributed by atoms with Crippen LogP contribution in [0.3, 0.4) is 0 Å². The van der Waals surface area contributed by atoms with Crippen LogP contribution in [0.4, 0.5) is 4.39 Å². The van der Waals surface area contributed by atoms with Crippen molar-refractivity contribution in [1.29, 1.82) is 0 Å². The van der Waals surface area contributed by atoms with Crippen molar-refractivity contribution < 1.29 is 4.39 Å². The van der Waals surface area contributed by atoms with Crippen LogP contribution in [0, 0.1) is 5.82 Å². The molecule has 4 heteroatoms. The molecule has 2 aromatic rings. The summed E-state index contributed by atoms with van der Waals surface area (Å²) in [6.45, 7) is 0. The van der Waals surface area contributed by atoms with E-state index >= 15 is 0 Å². The van der Waals surface area contributed by atoms with Gasteiger partial charge in [-0.1, -0.05) is 23.7 Å². The molecule has 0 radical (unpaired) electrons. The van der Waals surface area contributed by atoms with Gasteiger partial charge in [0, 0.05) is 29.4 Å². The van der Waals surface area contributed by atoms with E-state index in [2.05, 4.69) is 4.98 Å². The maximum atomic E-state index is 13.6. The number of benzene rings is 1. The minimum Gasteiger partial charge on any atom is -0.327 e. The quantitative estimate of drug-likeness (QED) is 0.922. The summed E-state index contributed by atoms with van der Waals surface area (Å²) in [5.41, 5.74) is 7.51. The summed E-state index contributed by atoms with van der Waals surface area (Å²) in [5.74, 6) is -0.307. The third kappa shape index (κ3) is 3.52. The normalized spacial score (nSPS) is 12.4. The first-order valence-electron chi connectivity index (χ1n) is 5.74. The second-order valence-corrected chi connectivity index (χ2v) is 4.66. The summed E-state index contributed by atoms with van der Waals surface area (Å²) in [6.07, 6.45) is 2.83. The van der Waals surface area contributed by atoms with Crippen molar-refractivity contribution in [2.24, 2.45) is 5.73 Å². The summed E-state index contributed by atoms with van der Waals surface area (Å²) in [4.78, 5) is 4.20. The fraction of sp³-hybridized carbons (Fsp3) is 0.214. The second kappa shape index (κ2) is 5.94. The lowest BCUT2D eigenvalue weighted by Gasteiger charge is -2.12. The van der Waals surface area contributed by atoms with Crippen molar-refractivity contribution in [2.75, 3.05) is 0 Å². The first-order chi connectivity index (χ1) is 8.65. The predicted octanol–water partition coefficient (Wildman–Crippen LogP) is 2.99. The fourth-order valence-corrected chi connectivity index (χ4v) is 1.99. The highest BCUT2D eigenvalue weighted by Crippen LogP contribution is 2.16. The van der Waals surface area contributed by atoms with Gasteiger partial charge < -0.3 is 5.73 Å². The Morgan fingerprint density at radius 3 is 2.72 bits per heavy atom. The largest absolute Gasteiger partial charge is 0.327 e. The van der Waals surface area contributed by atoms with Gasteiger partial charge in [-0.2, -0.15) is 0 Å². The lowest BCUT2D eigenvalue weighted by atomic mass is 10.0. The first-order valence-corrected chi connectivity index (χ1v) is 6.12. The van der Waals surface area contributed by atoms with E-state index in [0.717, 1.165) is 5.69 Å². The lowest BCUT2D eigenvalue weighted by molar-refractivity contribution is 0.581. The Hall–Kier alpha value is -1.45. The SMILES string of the molecule is NC(Cc1ccccn1)Cc1ccc(Cl)cc1F. The van der Waals surface area contributed by atoms with Gasteiger partial charge in [0.2, 0.25) is 0 Å². The Morgan fingerprint density at radius 2 is 2.06 bits per heavy atom. The topological polar surface area (TPSA) is 38.9 Å². The fourth-order valence-electron chi connectivity index (χ4n) is 1.83. The molecule has 2 N–H and O–H groups in total. The molecule has 18 heavy (non-hydrogen) atoms. The van der Waals surface area contributed by atoms with Crippen molar-refractivity contribution in [2.45, 2.75) is 18.9 Å². The molecule has 0 saturated carbocycles. The van der Waals surface area contributed by atoms with Gasteiger partial charge in [0.05, 0.1) is 0 Å². The molecule has 1 atom stereocenters. The molecular weight excluding hydrogens is 251 g/mol. The molecule has 2 nitrogen and oxygen atoms in total.